The van der Waals surface area contributed by atoms with Crippen LogP contribution in [0.25, 0.3) is 79.6 Å². The fraction of sp³-hybridized carbons (Fsp3) is 0. The molecule has 60 heavy (non-hydrogen) atoms. The van der Waals surface area contributed by atoms with Gasteiger partial charge in [-0.25, -0.2) is 29.9 Å². The van der Waals surface area contributed by atoms with E-state index in [1.807, 2.05) is 115 Å². The number of hydrogen-bond acceptors (Lipinski definition) is 12. The Hall–Kier alpha value is -8.64. The number of aromatic nitrogens is 10. The molecule has 10 aromatic rings. The van der Waals surface area contributed by atoms with Crippen LogP contribution in [0.1, 0.15) is 0 Å². The standard InChI is InChI=1S/C48H29N11O/c1-3-19-41-39(17-1)59(40-18-2-4-20-42(40)60-41)32-21-22-33-30(28-32)27-31(43-53-45(35-13-5-9-23-49-35)57-46(54-43)36-14-6-10-24-50-36)29-34(33)44-55-47(37-15-7-11-25-51-37)58-48(56-44)38-16-8-12-26-52-38/h1-29H. The van der Waals surface area contributed by atoms with Crippen molar-refractivity contribution in [1.82, 2.24) is 49.8 Å². The molecule has 0 spiro atoms. The van der Waals surface area contributed by atoms with Crippen molar-refractivity contribution in [2.45, 2.75) is 0 Å². The van der Waals surface area contributed by atoms with E-state index in [9.17, 15) is 0 Å². The van der Waals surface area contributed by atoms with Crippen LogP contribution in [0.3, 0.4) is 0 Å². The van der Waals surface area contributed by atoms with Crippen LogP contribution in [0.4, 0.5) is 17.1 Å². The van der Waals surface area contributed by atoms with Crippen LogP contribution in [-0.4, -0.2) is 49.8 Å². The SMILES string of the molecule is c1ccc(-c2nc(-c3cc(-c4nc(-c5ccccn5)nc(-c5ccccn5)n4)c4ccc(N5c6ccccc6Oc6ccccc65)cc4c3)nc(-c3ccccn3)n2)nc1. The molecule has 0 N–H and O–H groups in total. The molecule has 0 fully saturated rings. The lowest BCUT2D eigenvalue weighted by molar-refractivity contribution is 0.477. The maximum Gasteiger partial charge on any atom is 0.182 e. The summed E-state index contributed by atoms with van der Waals surface area (Å²) in [5.74, 6) is 4.01. The number of benzene rings is 4. The van der Waals surface area contributed by atoms with Crippen molar-refractivity contribution in [1.29, 1.82) is 0 Å². The molecular formula is C48H29N11O. The van der Waals surface area contributed by atoms with Gasteiger partial charge in [0.05, 0.1) is 11.4 Å². The second-order valence-corrected chi connectivity index (χ2v) is 13.8. The molecule has 282 valence electrons. The molecule has 0 saturated carbocycles. The van der Waals surface area contributed by atoms with Gasteiger partial charge in [0.25, 0.3) is 0 Å². The van der Waals surface area contributed by atoms with Gasteiger partial charge in [0.1, 0.15) is 22.8 Å². The monoisotopic (exact) mass is 775 g/mol. The minimum Gasteiger partial charge on any atom is -0.453 e. The lowest BCUT2D eigenvalue weighted by atomic mass is 9.98. The number of hydrogen-bond donors (Lipinski definition) is 0. The van der Waals surface area contributed by atoms with E-state index in [1.165, 1.54) is 0 Å². The first-order chi connectivity index (χ1) is 29.7. The Kier molecular flexibility index (Phi) is 8.48. The highest BCUT2D eigenvalue weighted by Crippen LogP contribution is 2.50. The third-order valence-electron chi connectivity index (χ3n) is 9.97. The van der Waals surface area contributed by atoms with Gasteiger partial charge in [-0.2, -0.15) is 0 Å². The van der Waals surface area contributed by atoms with E-state index < -0.39 is 0 Å². The van der Waals surface area contributed by atoms with Crippen LogP contribution < -0.4 is 9.64 Å². The van der Waals surface area contributed by atoms with E-state index in [0.29, 0.717) is 63.3 Å². The van der Waals surface area contributed by atoms with Crippen LogP contribution >= 0.6 is 0 Å². The van der Waals surface area contributed by atoms with E-state index in [4.69, 9.17) is 34.6 Å². The molecule has 4 aromatic carbocycles. The summed E-state index contributed by atoms with van der Waals surface area (Å²) in [6, 6.07) is 49.1. The molecule has 11 rings (SSSR count). The van der Waals surface area contributed by atoms with Crippen LogP contribution in [-0.2, 0) is 0 Å². The molecule has 0 saturated heterocycles. The van der Waals surface area contributed by atoms with Crippen molar-refractivity contribution in [3.8, 4) is 80.3 Å². The van der Waals surface area contributed by atoms with Crippen LogP contribution in [0, 0.1) is 0 Å². The molecule has 0 atom stereocenters. The van der Waals surface area contributed by atoms with Gasteiger partial charge in [-0.3, -0.25) is 19.9 Å². The highest BCUT2D eigenvalue weighted by atomic mass is 16.5. The third kappa shape index (κ3) is 6.39. The van der Waals surface area contributed by atoms with Gasteiger partial charge in [-0.15, -0.1) is 0 Å². The zero-order valence-corrected chi connectivity index (χ0v) is 31.6. The Morgan fingerprint density at radius 2 is 0.800 bits per heavy atom. The predicted octanol–water partition coefficient (Wildman–Crippen LogP) is 10.4. The number of nitrogens with zero attached hydrogens (tertiary/aromatic N) is 11. The molecule has 7 heterocycles. The first-order valence-corrected chi connectivity index (χ1v) is 19.1. The molecule has 12 nitrogen and oxygen atoms in total. The second kappa shape index (κ2) is 14.7. The van der Waals surface area contributed by atoms with Gasteiger partial charge in [-0.1, -0.05) is 54.6 Å². The van der Waals surface area contributed by atoms with Gasteiger partial charge < -0.3 is 9.64 Å². The number of fused-ring (bicyclic) bond motifs is 3. The Bertz CT molecular complexity index is 3030. The van der Waals surface area contributed by atoms with Gasteiger partial charge in [-0.05, 0) is 108 Å². The highest BCUT2D eigenvalue weighted by molar-refractivity contribution is 6.01. The smallest absolute Gasteiger partial charge is 0.182 e. The van der Waals surface area contributed by atoms with Crippen molar-refractivity contribution in [2.75, 3.05) is 4.90 Å². The molecular weight excluding hydrogens is 747 g/mol. The average Bonchev–Trinajstić information content (AvgIpc) is 3.33. The molecule has 0 bridgehead atoms. The van der Waals surface area contributed by atoms with E-state index in [1.54, 1.807) is 24.8 Å². The minimum absolute atomic E-state index is 0.410. The van der Waals surface area contributed by atoms with Gasteiger partial charge in [0, 0.05) is 41.6 Å². The molecule has 0 amide bonds. The number of anilines is 3. The van der Waals surface area contributed by atoms with Crippen LogP contribution in [0.5, 0.6) is 11.5 Å². The third-order valence-corrected chi connectivity index (χ3v) is 9.97. The zero-order valence-electron chi connectivity index (χ0n) is 31.6. The summed E-state index contributed by atoms with van der Waals surface area (Å²) in [6.45, 7) is 0. The zero-order chi connectivity index (χ0) is 39.8. The number of rotatable bonds is 7. The van der Waals surface area contributed by atoms with E-state index in [0.717, 1.165) is 44.9 Å². The van der Waals surface area contributed by atoms with Gasteiger partial charge in [0.2, 0.25) is 0 Å². The Labute approximate surface area is 343 Å². The molecule has 0 radical (unpaired) electrons. The van der Waals surface area contributed by atoms with E-state index >= 15 is 0 Å². The van der Waals surface area contributed by atoms with E-state index in [2.05, 4.69) is 61.2 Å². The summed E-state index contributed by atoms with van der Waals surface area (Å²) in [5.41, 5.74) is 6.59. The number of pyridine rings is 4. The summed E-state index contributed by atoms with van der Waals surface area (Å²) in [4.78, 5) is 50.5. The highest BCUT2D eigenvalue weighted by Gasteiger charge is 2.26. The van der Waals surface area contributed by atoms with Gasteiger partial charge in [0.15, 0.2) is 46.4 Å². The fourth-order valence-corrected chi connectivity index (χ4v) is 7.23. The fourth-order valence-electron chi connectivity index (χ4n) is 7.23. The summed E-state index contributed by atoms with van der Waals surface area (Å²) in [5, 5.41) is 1.78. The van der Waals surface area contributed by atoms with Crippen molar-refractivity contribution < 1.29 is 4.74 Å². The Balaban J connectivity index is 1.18. The quantitative estimate of drug-likeness (QED) is 0.152. The summed E-state index contributed by atoms with van der Waals surface area (Å²) >= 11 is 0. The van der Waals surface area contributed by atoms with Crippen molar-refractivity contribution in [2.24, 2.45) is 0 Å². The normalized spacial score (nSPS) is 11.8. The number of ether oxygens (including phenoxy) is 1. The molecule has 1 aliphatic rings. The van der Waals surface area contributed by atoms with Crippen LogP contribution in [0.2, 0.25) is 0 Å². The largest absolute Gasteiger partial charge is 0.453 e. The molecule has 6 aromatic heterocycles. The van der Waals surface area contributed by atoms with E-state index in [-0.39, 0.29) is 0 Å². The second-order valence-electron chi connectivity index (χ2n) is 13.8. The van der Waals surface area contributed by atoms with Crippen molar-refractivity contribution in [3.63, 3.8) is 0 Å². The summed E-state index contributed by atoms with van der Waals surface area (Å²) < 4.78 is 6.35. The molecule has 0 unspecified atom stereocenters. The maximum atomic E-state index is 6.35. The Morgan fingerprint density at radius 1 is 0.367 bits per heavy atom. The number of para-hydroxylation sites is 4. The topological polar surface area (TPSA) is 141 Å². The average molecular weight is 776 g/mol. The summed E-state index contributed by atoms with van der Waals surface area (Å²) in [7, 11) is 0. The first-order valence-electron chi connectivity index (χ1n) is 19.1. The predicted molar refractivity (Wildman–Crippen MR) is 229 cm³/mol. The molecule has 0 aliphatic carbocycles. The molecule has 1 aliphatic heterocycles. The van der Waals surface area contributed by atoms with Crippen molar-refractivity contribution >= 4 is 27.8 Å². The van der Waals surface area contributed by atoms with Crippen molar-refractivity contribution in [3.05, 3.63) is 176 Å². The molecule has 12 heteroatoms. The lowest BCUT2D eigenvalue weighted by Crippen LogP contribution is -2.15. The lowest BCUT2D eigenvalue weighted by Gasteiger charge is -2.33. The van der Waals surface area contributed by atoms with Crippen LogP contribution in [0.15, 0.2) is 176 Å². The summed E-state index contributed by atoms with van der Waals surface area (Å²) in [6.07, 6.45) is 6.88. The maximum absolute atomic E-state index is 6.35. The minimum atomic E-state index is 0.410. The Morgan fingerprint density at radius 3 is 1.27 bits per heavy atom. The van der Waals surface area contributed by atoms with Gasteiger partial charge >= 0.3 is 0 Å². The first kappa shape index (κ1) is 34.6.